The monoisotopic (exact) mass is 865 g/mol. The number of hydrogen-bond acceptors (Lipinski definition) is 6. The summed E-state index contributed by atoms with van der Waals surface area (Å²) >= 11 is 11.8. The van der Waals surface area contributed by atoms with Crippen LogP contribution < -0.4 is 10.2 Å². The largest absolute Gasteiger partial charge is 2.00 e. The molecule has 6 fully saturated rings. The number of hydrogen-bond donors (Lipinski definition) is 0. The van der Waals surface area contributed by atoms with E-state index in [0.29, 0.717) is 0 Å². The second kappa shape index (κ2) is 23.3. The molecular formula is C24H36B2Cl2CuF14N4O4. The predicted molar refractivity (Wildman–Crippen MR) is 154 cm³/mol. The Morgan fingerprint density at radius 2 is 0.765 bits per heavy atom. The van der Waals surface area contributed by atoms with Gasteiger partial charge in [0.15, 0.2) is 23.6 Å². The summed E-state index contributed by atoms with van der Waals surface area (Å²) in [4.78, 5) is 24.9. The molecule has 8 nitrogen and oxygen atoms in total. The van der Waals surface area contributed by atoms with Gasteiger partial charge in [-0.25, -0.2) is 0 Å². The summed E-state index contributed by atoms with van der Waals surface area (Å²) in [6.07, 6.45) is -9.82. The summed E-state index contributed by atoms with van der Waals surface area (Å²) in [5.74, 6) is -6.02. The molecule has 6 rings (SSSR count). The second-order valence-corrected chi connectivity index (χ2v) is 11.6. The number of fused-ring (bicyclic) bond motifs is 6. The van der Waals surface area contributed by atoms with Crippen molar-refractivity contribution in [1.82, 2.24) is 9.80 Å². The Morgan fingerprint density at radius 3 is 0.843 bits per heavy atom. The number of allylic oxidation sites excluding steroid dienone is 4. The fourth-order valence-corrected chi connectivity index (χ4v) is 5.07. The number of ketones is 2. The summed E-state index contributed by atoms with van der Waals surface area (Å²) in [7, 11) is -12.0. The molecule has 1 radical (unpaired) electrons. The quantitative estimate of drug-likeness (QED) is 0.0809. The minimum atomic E-state index is -6.00. The molecule has 0 aliphatic carbocycles. The van der Waals surface area contributed by atoms with Crippen LogP contribution in [0.2, 0.25) is 0 Å². The van der Waals surface area contributed by atoms with Crippen molar-refractivity contribution in [2.24, 2.45) is 0 Å². The van der Waals surface area contributed by atoms with Gasteiger partial charge in [-0.05, 0) is 37.5 Å². The molecule has 0 aromatic rings. The minimum absolute atomic E-state index is 0. The van der Waals surface area contributed by atoms with Crippen LogP contribution in [0.3, 0.4) is 0 Å². The van der Waals surface area contributed by atoms with Crippen molar-refractivity contribution in [3.05, 3.63) is 23.7 Å². The molecule has 4 bridgehead atoms. The van der Waals surface area contributed by atoms with E-state index in [1.54, 1.807) is 0 Å². The van der Waals surface area contributed by atoms with Crippen LogP contribution in [-0.2, 0) is 26.7 Å². The molecular weight excluding hydrogens is 830 g/mol. The molecule has 0 N–H and O–H groups in total. The van der Waals surface area contributed by atoms with E-state index in [0.717, 1.165) is 25.9 Å². The van der Waals surface area contributed by atoms with E-state index >= 15 is 0 Å². The fourth-order valence-electron chi connectivity index (χ4n) is 4.35. The van der Waals surface area contributed by atoms with Crippen LogP contribution in [0, 0.1) is 0 Å². The van der Waals surface area contributed by atoms with E-state index in [9.17, 15) is 80.7 Å². The predicted octanol–water partition coefficient (Wildman–Crippen LogP) is 4.02. The summed E-state index contributed by atoms with van der Waals surface area (Å²) < 4.78 is 148. The molecule has 0 amide bonds. The third-order valence-corrected chi connectivity index (χ3v) is 8.09. The van der Waals surface area contributed by atoms with Gasteiger partial charge in [-0.15, -0.1) is 0 Å². The first kappa shape index (κ1) is 53.9. The van der Waals surface area contributed by atoms with Gasteiger partial charge in [0, 0.05) is 39.3 Å². The van der Waals surface area contributed by atoms with Gasteiger partial charge < -0.3 is 53.7 Å². The van der Waals surface area contributed by atoms with Crippen LogP contribution in [0.4, 0.5) is 60.9 Å². The average Bonchev–Trinajstić information content (AvgIpc) is 2.97. The topological polar surface area (TPSA) is 86.7 Å². The number of rotatable bonds is 4. The zero-order chi connectivity index (χ0) is 39.8. The van der Waals surface area contributed by atoms with E-state index < -0.39 is 49.9 Å². The Hall–Kier alpha value is -1.49. The van der Waals surface area contributed by atoms with Gasteiger partial charge in [-0.2, -0.15) is 26.3 Å². The van der Waals surface area contributed by atoms with Gasteiger partial charge in [0.2, 0.25) is 0 Å². The summed E-state index contributed by atoms with van der Waals surface area (Å²) in [6, 6.07) is 1.65. The second-order valence-electron chi connectivity index (χ2n) is 11.2. The van der Waals surface area contributed by atoms with Crippen molar-refractivity contribution < 1.29 is 107 Å². The van der Waals surface area contributed by atoms with Crippen molar-refractivity contribution in [3.8, 4) is 0 Å². The van der Waals surface area contributed by atoms with Crippen LogP contribution in [0.1, 0.15) is 13.8 Å². The van der Waals surface area contributed by atoms with E-state index in [-0.39, 0.29) is 29.2 Å². The molecule has 27 heteroatoms. The van der Waals surface area contributed by atoms with Crippen LogP contribution in [0.25, 0.3) is 0 Å². The first-order chi connectivity index (χ1) is 22.4. The van der Waals surface area contributed by atoms with Crippen LogP contribution >= 0.6 is 23.2 Å². The van der Waals surface area contributed by atoms with Crippen LogP contribution in [0.5, 0.6) is 0 Å². The van der Waals surface area contributed by atoms with Crippen molar-refractivity contribution in [1.29, 1.82) is 0 Å². The van der Waals surface area contributed by atoms with E-state index in [1.807, 2.05) is 0 Å². The molecule has 0 saturated carbocycles. The Bertz CT molecular complexity index is 978. The molecule has 0 aromatic carbocycles. The maximum atomic E-state index is 11.3. The Kier molecular flexibility index (Phi) is 24.6. The van der Waals surface area contributed by atoms with Gasteiger partial charge in [-0.3, -0.25) is 19.4 Å². The smallest absolute Gasteiger partial charge is 0.869 e. The van der Waals surface area contributed by atoms with Gasteiger partial charge >= 0.3 is 43.9 Å². The van der Waals surface area contributed by atoms with Crippen molar-refractivity contribution in [2.75, 3.05) is 90.5 Å². The minimum Gasteiger partial charge on any atom is -0.869 e. The fraction of sp³-hybridized carbons (Fsp3) is 0.750. The molecule has 0 unspecified atom stereocenters. The third-order valence-electron chi connectivity index (χ3n) is 7.08. The number of alkyl halides is 8. The Morgan fingerprint density at radius 1 is 0.588 bits per heavy atom. The van der Waals surface area contributed by atoms with Gasteiger partial charge in [0.1, 0.15) is 0 Å². The van der Waals surface area contributed by atoms with E-state index in [2.05, 4.69) is 9.80 Å². The Labute approximate surface area is 305 Å². The first-order valence-electron chi connectivity index (χ1n) is 14.3. The van der Waals surface area contributed by atoms with Crippen molar-refractivity contribution in [2.45, 2.75) is 26.2 Å². The first-order valence-corrected chi connectivity index (χ1v) is 15.4. The summed E-state index contributed by atoms with van der Waals surface area (Å²) in [5, 5.41) is 19.7. The molecule has 6 aliphatic rings. The zero-order valence-electron chi connectivity index (χ0n) is 27.0. The van der Waals surface area contributed by atoms with E-state index in [1.165, 1.54) is 87.5 Å². The number of halogens is 16. The molecule has 0 aromatic heterocycles. The number of carbonyl (C=O) groups is 2. The molecule has 305 valence electrons. The molecule has 0 atom stereocenters. The SMILES string of the molecule is CC(=O)/C=C(\[O-])C(F)(F)F.CC(=O)/C=C(\[O-])C(F)(F)F.ClC[N+]12CCN(CC1)CC2.ClC[N+]12CCN(CC1)CC2.F[B-](F)(F)F.F[B-](F)(F)F.[Cu+2]. The Balaban J connectivity index is -0.000000552. The summed E-state index contributed by atoms with van der Waals surface area (Å²) in [6.45, 7) is 17.1. The van der Waals surface area contributed by atoms with Crippen LogP contribution in [0.15, 0.2) is 23.7 Å². The van der Waals surface area contributed by atoms with Gasteiger partial charge in [-0.1, -0.05) is 23.2 Å². The molecule has 6 aliphatic heterocycles. The van der Waals surface area contributed by atoms with E-state index in [4.69, 9.17) is 23.2 Å². The maximum absolute atomic E-state index is 11.3. The number of nitrogens with zero attached hydrogens (tertiary/aromatic N) is 4. The van der Waals surface area contributed by atoms with Gasteiger partial charge in [0.25, 0.3) is 0 Å². The normalized spacial score (nSPS) is 25.6. The molecule has 6 heterocycles. The van der Waals surface area contributed by atoms with Crippen LogP contribution in [-0.4, -0.2) is 148 Å². The third kappa shape index (κ3) is 28.7. The number of piperazine rings is 6. The number of quaternary nitrogens is 2. The molecule has 51 heavy (non-hydrogen) atoms. The zero-order valence-corrected chi connectivity index (χ0v) is 29.4. The van der Waals surface area contributed by atoms with Crippen molar-refractivity contribution in [3.63, 3.8) is 0 Å². The standard InChI is InChI=1S/2C7H14ClN2.2C5H5F3O2.2BF4.Cu/c2*8-7-10-4-1-9(2-5-10)3-6-10;2*1-3(9)2-4(10)5(6,7)8;2*2-1(3,4)5;/h2*1-7H2;2*2,10H,1H3;;;/q2*+1;;;2*-1;+2/p-2/b;;2*4-2-;;;. The van der Waals surface area contributed by atoms with Gasteiger partial charge in [0.05, 0.1) is 39.3 Å². The maximum Gasteiger partial charge on any atom is 2.00 e. The molecule has 0 spiro atoms. The average molecular weight is 867 g/mol. The summed E-state index contributed by atoms with van der Waals surface area (Å²) in [5.41, 5.74) is 0. The molecule has 6 saturated heterocycles. The van der Waals surface area contributed by atoms with Crippen molar-refractivity contribution >= 4 is 49.3 Å². The number of carbonyl (C=O) groups excluding carboxylic acids is 2.